The second-order valence-electron chi connectivity index (χ2n) is 7.13. The molecule has 160 valence electrons. The first-order valence-corrected chi connectivity index (χ1v) is 11.6. The van der Waals surface area contributed by atoms with E-state index in [1.165, 1.54) is 19.2 Å². The van der Waals surface area contributed by atoms with Gasteiger partial charge in [0.05, 0.1) is 23.8 Å². The van der Waals surface area contributed by atoms with Crippen LogP contribution in [0.2, 0.25) is 5.02 Å². The number of fused-ring (bicyclic) bond motifs is 1. The Balaban J connectivity index is 1.60. The number of nitrogens with zero attached hydrogens (tertiary/aromatic N) is 2. The van der Waals surface area contributed by atoms with Crippen LogP contribution in [0.4, 0.5) is 5.69 Å². The first-order chi connectivity index (χ1) is 14.9. The second kappa shape index (κ2) is 8.61. The average Bonchev–Trinajstić information content (AvgIpc) is 3.08. The van der Waals surface area contributed by atoms with Crippen LogP contribution in [-0.2, 0) is 29.9 Å². The zero-order chi connectivity index (χ0) is 22.0. The van der Waals surface area contributed by atoms with E-state index in [0.717, 1.165) is 22.4 Å². The molecular weight excluding hydrogens is 434 g/mol. The molecule has 0 radical (unpaired) electrons. The van der Waals surface area contributed by atoms with Gasteiger partial charge in [0.15, 0.2) is 0 Å². The highest BCUT2D eigenvalue weighted by Crippen LogP contribution is 2.30. The summed E-state index contributed by atoms with van der Waals surface area (Å²) in [6.07, 6.45) is 1.30. The van der Waals surface area contributed by atoms with Gasteiger partial charge in [-0.05, 0) is 48.4 Å². The summed E-state index contributed by atoms with van der Waals surface area (Å²) in [7, 11) is -0.479. The van der Waals surface area contributed by atoms with E-state index in [2.05, 4.69) is 9.29 Å². The summed E-state index contributed by atoms with van der Waals surface area (Å²) in [6, 6.07) is 19.8. The summed E-state index contributed by atoms with van der Waals surface area (Å²) < 4.78 is 36.1. The standard InChI is InChI=1S/C23H22ClN3O3S/c1-27-20-10-6-5-9-19(20)25-23(27)14-11-16-7-3-4-8-18(16)26-31(28,29)22-15-17(24)12-13-21(22)30-2/h3-10,12-13,15,26H,11,14H2,1-2H3. The molecule has 0 saturated heterocycles. The summed E-state index contributed by atoms with van der Waals surface area (Å²) in [4.78, 5) is 4.70. The Kier molecular flexibility index (Phi) is 5.89. The van der Waals surface area contributed by atoms with E-state index in [-0.39, 0.29) is 10.6 Å². The number of hydrogen-bond donors (Lipinski definition) is 1. The van der Waals surface area contributed by atoms with E-state index in [1.54, 1.807) is 18.2 Å². The third-order valence-electron chi connectivity index (χ3n) is 5.17. The Labute approximate surface area is 186 Å². The Morgan fingerprint density at radius 3 is 2.55 bits per heavy atom. The number of imidazole rings is 1. The summed E-state index contributed by atoms with van der Waals surface area (Å²) in [5.41, 5.74) is 3.41. The van der Waals surface area contributed by atoms with Crippen molar-refractivity contribution in [1.82, 2.24) is 9.55 Å². The Morgan fingerprint density at radius 2 is 1.77 bits per heavy atom. The minimum absolute atomic E-state index is 0.00680. The number of halogens is 1. The molecule has 31 heavy (non-hydrogen) atoms. The highest BCUT2D eigenvalue weighted by atomic mass is 35.5. The second-order valence-corrected chi connectivity index (χ2v) is 9.22. The van der Waals surface area contributed by atoms with Gasteiger partial charge in [0, 0.05) is 18.5 Å². The van der Waals surface area contributed by atoms with Crippen molar-refractivity contribution < 1.29 is 13.2 Å². The van der Waals surface area contributed by atoms with Crippen molar-refractivity contribution in [2.24, 2.45) is 7.05 Å². The largest absolute Gasteiger partial charge is 0.495 e. The zero-order valence-corrected chi connectivity index (χ0v) is 18.7. The van der Waals surface area contributed by atoms with E-state index in [4.69, 9.17) is 21.3 Å². The number of methoxy groups -OCH3 is 1. The Hall–Kier alpha value is -3.03. The van der Waals surface area contributed by atoms with E-state index >= 15 is 0 Å². The maximum atomic E-state index is 13.1. The molecule has 0 atom stereocenters. The molecule has 0 aliphatic rings. The summed E-state index contributed by atoms with van der Waals surface area (Å²) in [5.74, 6) is 1.17. The van der Waals surface area contributed by atoms with Crippen molar-refractivity contribution in [2.45, 2.75) is 17.7 Å². The minimum atomic E-state index is -3.89. The predicted molar refractivity (Wildman–Crippen MR) is 123 cm³/mol. The van der Waals surface area contributed by atoms with Crippen molar-refractivity contribution >= 4 is 38.3 Å². The van der Waals surface area contributed by atoms with Gasteiger partial charge in [-0.25, -0.2) is 13.4 Å². The van der Waals surface area contributed by atoms with Gasteiger partial charge in [-0.1, -0.05) is 41.9 Å². The molecule has 0 aliphatic heterocycles. The maximum Gasteiger partial charge on any atom is 0.265 e. The number of hydrogen-bond acceptors (Lipinski definition) is 4. The summed E-state index contributed by atoms with van der Waals surface area (Å²) >= 11 is 6.02. The van der Waals surface area contributed by atoms with Crippen LogP contribution in [0.1, 0.15) is 11.4 Å². The lowest BCUT2D eigenvalue weighted by Crippen LogP contribution is -2.15. The molecule has 4 aromatic rings. The first-order valence-electron chi connectivity index (χ1n) is 9.73. The highest BCUT2D eigenvalue weighted by molar-refractivity contribution is 7.92. The minimum Gasteiger partial charge on any atom is -0.495 e. The van der Waals surface area contributed by atoms with Gasteiger partial charge >= 0.3 is 0 Å². The van der Waals surface area contributed by atoms with Crippen molar-refractivity contribution in [3.63, 3.8) is 0 Å². The molecule has 0 unspecified atom stereocenters. The monoisotopic (exact) mass is 455 g/mol. The predicted octanol–water partition coefficient (Wildman–Crippen LogP) is 4.82. The molecule has 3 aromatic carbocycles. The number of ether oxygens (including phenoxy) is 1. The van der Waals surface area contributed by atoms with Crippen LogP contribution in [0, 0.1) is 0 Å². The number of aromatic nitrogens is 2. The summed E-state index contributed by atoms with van der Waals surface area (Å²) in [6.45, 7) is 0. The maximum absolute atomic E-state index is 13.1. The van der Waals surface area contributed by atoms with Crippen LogP contribution in [-0.4, -0.2) is 25.1 Å². The molecule has 1 aromatic heterocycles. The van der Waals surface area contributed by atoms with Crippen molar-refractivity contribution in [3.05, 3.63) is 83.1 Å². The zero-order valence-electron chi connectivity index (χ0n) is 17.2. The van der Waals surface area contributed by atoms with E-state index in [1.807, 2.05) is 43.4 Å². The number of benzene rings is 3. The molecule has 0 spiro atoms. The van der Waals surface area contributed by atoms with Gasteiger partial charge in [0.1, 0.15) is 16.5 Å². The number of para-hydroxylation sites is 3. The van der Waals surface area contributed by atoms with Crippen molar-refractivity contribution in [1.29, 1.82) is 0 Å². The SMILES string of the molecule is COc1ccc(Cl)cc1S(=O)(=O)Nc1ccccc1CCc1nc2ccccc2n1C. The van der Waals surface area contributed by atoms with E-state index < -0.39 is 10.0 Å². The molecule has 0 bridgehead atoms. The van der Waals surface area contributed by atoms with Gasteiger partial charge < -0.3 is 9.30 Å². The van der Waals surface area contributed by atoms with Crippen molar-refractivity contribution in [3.8, 4) is 5.75 Å². The molecule has 4 rings (SSSR count). The molecule has 8 heteroatoms. The number of anilines is 1. The fourth-order valence-corrected chi connectivity index (χ4v) is 5.10. The van der Waals surface area contributed by atoms with E-state index in [9.17, 15) is 8.42 Å². The van der Waals surface area contributed by atoms with E-state index in [0.29, 0.717) is 23.6 Å². The third kappa shape index (κ3) is 4.38. The molecule has 6 nitrogen and oxygen atoms in total. The quantitative estimate of drug-likeness (QED) is 0.433. The normalized spacial score (nSPS) is 11.6. The lowest BCUT2D eigenvalue weighted by Gasteiger charge is -2.15. The average molecular weight is 456 g/mol. The molecular formula is C23H22ClN3O3S. The van der Waals surface area contributed by atoms with Crippen LogP contribution < -0.4 is 9.46 Å². The molecule has 0 saturated carbocycles. The number of nitrogens with one attached hydrogen (secondary N) is 1. The number of sulfonamides is 1. The number of rotatable bonds is 7. The van der Waals surface area contributed by atoms with Gasteiger partial charge in [-0.2, -0.15) is 0 Å². The number of aryl methyl sites for hydroxylation is 3. The highest BCUT2D eigenvalue weighted by Gasteiger charge is 2.21. The van der Waals surface area contributed by atoms with Crippen LogP contribution in [0.3, 0.4) is 0 Å². The van der Waals surface area contributed by atoms with Gasteiger partial charge in [0.25, 0.3) is 10.0 Å². The fraction of sp³-hybridized carbons (Fsp3) is 0.174. The summed E-state index contributed by atoms with van der Waals surface area (Å²) in [5, 5.41) is 0.316. The Morgan fingerprint density at radius 1 is 1.03 bits per heavy atom. The smallest absolute Gasteiger partial charge is 0.265 e. The Bertz CT molecular complexity index is 1350. The van der Waals surface area contributed by atoms with Gasteiger partial charge in [-0.3, -0.25) is 4.72 Å². The van der Waals surface area contributed by atoms with Crippen LogP contribution in [0.25, 0.3) is 11.0 Å². The fourth-order valence-electron chi connectivity index (χ4n) is 3.56. The molecule has 1 N–H and O–H groups in total. The van der Waals surface area contributed by atoms with Gasteiger partial charge in [-0.15, -0.1) is 0 Å². The lowest BCUT2D eigenvalue weighted by molar-refractivity contribution is 0.403. The molecule has 0 aliphatic carbocycles. The van der Waals surface area contributed by atoms with Crippen molar-refractivity contribution in [2.75, 3.05) is 11.8 Å². The van der Waals surface area contributed by atoms with Crippen LogP contribution >= 0.6 is 11.6 Å². The topological polar surface area (TPSA) is 73.2 Å². The molecule has 0 fully saturated rings. The lowest BCUT2D eigenvalue weighted by atomic mass is 10.1. The third-order valence-corrected chi connectivity index (χ3v) is 6.80. The van der Waals surface area contributed by atoms with Crippen LogP contribution in [0.5, 0.6) is 5.75 Å². The molecule has 0 amide bonds. The van der Waals surface area contributed by atoms with Gasteiger partial charge in [0.2, 0.25) is 0 Å². The van der Waals surface area contributed by atoms with Crippen LogP contribution in [0.15, 0.2) is 71.6 Å². The first kappa shape index (κ1) is 21.2. The molecule has 1 heterocycles.